The highest BCUT2D eigenvalue weighted by Gasteiger charge is 2.16. The van der Waals surface area contributed by atoms with Gasteiger partial charge in [-0.15, -0.1) is 0 Å². The van der Waals surface area contributed by atoms with Crippen molar-refractivity contribution in [2.24, 2.45) is 5.10 Å². The molecule has 2 aromatic rings. The summed E-state index contributed by atoms with van der Waals surface area (Å²) < 4.78 is 15.7. The third-order valence-corrected chi connectivity index (χ3v) is 3.33. The lowest BCUT2D eigenvalue weighted by Gasteiger charge is -2.13. The molecule has 0 atom stereocenters. The number of hydrazone groups is 1. The van der Waals surface area contributed by atoms with Gasteiger partial charge >= 0.3 is 0 Å². The largest absolute Gasteiger partial charge is 0.493 e. The Hall–Kier alpha value is -3.09. The Bertz CT molecular complexity index is 720. The number of methoxy groups -OCH3 is 3. The zero-order valence-electron chi connectivity index (χ0n) is 14.0. The van der Waals surface area contributed by atoms with Gasteiger partial charge in [0, 0.05) is 23.5 Å². The molecule has 0 saturated heterocycles. The third-order valence-electron chi connectivity index (χ3n) is 3.33. The van der Waals surface area contributed by atoms with Crippen molar-refractivity contribution in [2.45, 2.75) is 6.92 Å². The standard InChI is InChI=1S/C17H19N3O4/c1-11(12-6-5-7-18-10-12)19-20-17(21)13-8-14(22-2)16(24-4)15(9-13)23-3/h5-10H,1-4H3,(H,20,21). The molecule has 24 heavy (non-hydrogen) atoms. The maximum absolute atomic E-state index is 12.3. The maximum Gasteiger partial charge on any atom is 0.271 e. The lowest BCUT2D eigenvalue weighted by molar-refractivity contribution is 0.0954. The Morgan fingerprint density at radius 2 is 1.75 bits per heavy atom. The first-order chi connectivity index (χ1) is 11.6. The number of carbonyl (C=O) groups excluding carboxylic acids is 1. The molecule has 126 valence electrons. The van der Waals surface area contributed by atoms with Gasteiger partial charge in [0.2, 0.25) is 5.75 Å². The average molecular weight is 329 g/mol. The first kappa shape index (κ1) is 17.3. The van der Waals surface area contributed by atoms with Gasteiger partial charge in [-0.3, -0.25) is 9.78 Å². The number of amides is 1. The van der Waals surface area contributed by atoms with Crippen molar-refractivity contribution in [3.63, 3.8) is 0 Å². The molecule has 7 nitrogen and oxygen atoms in total. The van der Waals surface area contributed by atoms with Gasteiger partial charge in [-0.05, 0) is 25.1 Å². The van der Waals surface area contributed by atoms with Crippen LogP contribution < -0.4 is 19.6 Å². The highest BCUT2D eigenvalue weighted by Crippen LogP contribution is 2.38. The summed E-state index contributed by atoms with van der Waals surface area (Å²) in [4.78, 5) is 16.3. The fraction of sp³-hybridized carbons (Fsp3) is 0.235. The van der Waals surface area contributed by atoms with E-state index in [-0.39, 0.29) is 0 Å². The van der Waals surface area contributed by atoms with E-state index in [9.17, 15) is 4.79 Å². The van der Waals surface area contributed by atoms with Gasteiger partial charge in [-0.25, -0.2) is 5.43 Å². The van der Waals surface area contributed by atoms with Crippen LogP contribution in [0.3, 0.4) is 0 Å². The molecule has 0 aliphatic carbocycles. The van der Waals surface area contributed by atoms with E-state index in [1.807, 2.05) is 6.07 Å². The molecule has 0 aliphatic rings. The normalized spacial score (nSPS) is 10.9. The van der Waals surface area contributed by atoms with Crippen LogP contribution in [0.15, 0.2) is 41.8 Å². The van der Waals surface area contributed by atoms with E-state index >= 15 is 0 Å². The molecule has 2 rings (SSSR count). The number of ether oxygens (including phenoxy) is 3. The van der Waals surface area contributed by atoms with E-state index in [0.29, 0.717) is 28.5 Å². The number of benzene rings is 1. The van der Waals surface area contributed by atoms with Crippen LogP contribution in [0.4, 0.5) is 0 Å². The van der Waals surface area contributed by atoms with Crippen LogP contribution in [0.25, 0.3) is 0 Å². The van der Waals surface area contributed by atoms with Crippen molar-refractivity contribution in [2.75, 3.05) is 21.3 Å². The van der Waals surface area contributed by atoms with Crippen molar-refractivity contribution >= 4 is 11.6 Å². The molecule has 0 unspecified atom stereocenters. The molecular formula is C17H19N3O4. The van der Waals surface area contributed by atoms with Gasteiger partial charge in [-0.1, -0.05) is 6.07 Å². The van der Waals surface area contributed by atoms with E-state index in [2.05, 4.69) is 15.5 Å². The van der Waals surface area contributed by atoms with Gasteiger partial charge < -0.3 is 14.2 Å². The van der Waals surface area contributed by atoms with Crippen LogP contribution in [0.1, 0.15) is 22.8 Å². The first-order valence-electron chi connectivity index (χ1n) is 7.15. The van der Waals surface area contributed by atoms with Crippen molar-refractivity contribution in [1.82, 2.24) is 10.4 Å². The fourth-order valence-corrected chi connectivity index (χ4v) is 2.05. The fourth-order valence-electron chi connectivity index (χ4n) is 2.05. The molecule has 0 radical (unpaired) electrons. The van der Waals surface area contributed by atoms with Gasteiger partial charge in [-0.2, -0.15) is 5.10 Å². The number of nitrogens with zero attached hydrogens (tertiary/aromatic N) is 2. The van der Waals surface area contributed by atoms with E-state index < -0.39 is 5.91 Å². The number of pyridine rings is 1. The quantitative estimate of drug-likeness (QED) is 0.649. The van der Waals surface area contributed by atoms with E-state index in [1.54, 1.807) is 37.5 Å². The van der Waals surface area contributed by atoms with Gasteiger partial charge in [0.25, 0.3) is 5.91 Å². The summed E-state index contributed by atoms with van der Waals surface area (Å²) in [5.41, 5.74) is 4.31. The second kappa shape index (κ2) is 7.96. The van der Waals surface area contributed by atoms with Gasteiger partial charge in [0.05, 0.1) is 27.0 Å². The number of rotatable bonds is 6. The number of nitrogens with one attached hydrogen (secondary N) is 1. The molecule has 1 heterocycles. The predicted octanol–water partition coefficient (Wildman–Crippen LogP) is 2.26. The van der Waals surface area contributed by atoms with E-state index in [4.69, 9.17) is 14.2 Å². The summed E-state index contributed by atoms with van der Waals surface area (Å²) in [7, 11) is 4.48. The molecule has 1 N–H and O–H groups in total. The lowest BCUT2D eigenvalue weighted by atomic mass is 10.1. The van der Waals surface area contributed by atoms with Crippen molar-refractivity contribution < 1.29 is 19.0 Å². The minimum absolute atomic E-state index is 0.340. The Labute approximate surface area is 140 Å². The second-order valence-corrected chi connectivity index (χ2v) is 4.79. The zero-order valence-corrected chi connectivity index (χ0v) is 14.0. The molecule has 0 fully saturated rings. The Morgan fingerprint density at radius 3 is 2.25 bits per heavy atom. The summed E-state index contributed by atoms with van der Waals surface area (Å²) in [6.45, 7) is 1.78. The Morgan fingerprint density at radius 1 is 1.08 bits per heavy atom. The topological polar surface area (TPSA) is 82.0 Å². The summed E-state index contributed by atoms with van der Waals surface area (Å²) in [5, 5.41) is 4.09. The number of hydrogen-bond acceptors (Lipinski definition) is 6. The number of aromatic nitrogens is 1. The zero-order chi connectivity index (χ0) is 17.5. The monoisotopic (exact) mass is 329 g/mol. The number of carbonyl (C=O) groups is 1. The first-order valence-corrected chi connectivity index (χ1v) is 7.15. The van der Waals surface area contributed by atoms with E-state index in [1.165, 1.54) is 21.3 Å². The maximum atomic E-state index is 12.3. The molecule has 0 spiro atoms. The Kier molecular flexibility index (Phi) is 5.73. The van der Waals surface area contributed by atoms with Gasteiger partial charge in [0.15, 0.2) is 11.5 Å². The van der Waals surface area contributed by atoms with E-state index in [0.717, 1.165) is 5.56 Å². The molecule has 1 aromatic carbocycles. The Balaban J connectivity index is 2.24. The number of hydrogen-bond donors (Lipinski definition) is 1. The lowest BCUT2D eigenvalue weighted by Crippen LogP contribution is -2.19. The van der Waals surface area contributed by atoms with Crippen LogP contribution in [-0.4, -0.2) is 37.9 Å². The molecule has 0 aliphatic heterocycles. The highest BCUT2D eigenvalue weighted by atomic mass is 16.5. The van der Waals surface area contributed by atoms with Crippen molar-refractivity contribution in [3.8, 4) is 17.2 Å². The summed E-state index contributed by atoms with van der Waals surface area (Å²) in [5.74, 6) is 0.828. The summed E-state index contributed by atoms with van der Waals surface area (Å²) >= 11 is 0. The summed E-state index contributed by atoms with van der Waals surface area (Å²) in [6.07, 6.45) is 3.34. The van der Waals surface area contributed by atoms with Crippen molar-refractivity contribution in [1.29, 1.82) is 0 Å². The SMILES string of the molecule is COc1cc(C(=O)NN=C(C)c2cccnc2)cc(OC)c1OC. The van der Waals surface area contributed by atoms with Crippen LogP contribution in [0.2, 0.25) is 0 Å². The average Bonchev–Trinajstić information content (AvgIpc) is 2.65. The molecule has 0 saturated carbocycles. The smallest absolute Gasteiger partial charge is 0.271 e. The van der Waals surface area contributed by atoms with Gasteiger partial charge in [0.1, 0.15) is 0 Å². The minimum atomic E-state index is -0.391. The highest BCUT2D eigenvalue weighted by molar-refractivity contribution is 6.01. The van der Waals surface area contributed by atoms with Crippen LogP contribution >= 0.6 is 0 Å². The van der Waals surface area contributed by atoms with Crippen LogP contribution in [0.5, 0.6) is 17.2 Å². The molecule has 0 bridgehead atoms. The molecular weight excluding hydrogens is 310 g/mol. The van der Waals surface area contributed by atoms with Crippen LogP contribution in [-0.2, 0) is 0 Å². The van der Waals surface area contributed by atoms with Crippen LogP contribution in [0, 0.1) is 0 Å². The molecule has 7 heteroatoms. The second-order valence-electron chi connectivity index (χ2n) is 4.79. The predicted molar refractivity (Wildman–Crippen MR) is 90.0 cm³/mol. The minimum Gasteiger partial charge on any atom is -0.493 e. The third kappa shape index (κ3) is 3.81. The van der Waals surface area contributed by atoms with Crippen molar-refractivity contribution in [3.05, 3.63) is 47.8 Å². The molecule has 1 aromatic heterocycles. The summed E-state index contributed by atoms with van der Waals surface area (Å²) in [6, 6.07) is 6.78. The molecule has 1 amide bonds.